The normalized spacial score (nSPS) is 11.3. The van der Waals surface area contributed by atoms with E-state index in [1.807, 2.05) is 45.9 Å². The summed E-state index contributed by atoms with van der Waals surface area (Å²) in [5, 5.41) is 0. The summed E-state index contributed by atoms with van der Waals surface area (Å²) < 4.78 is 5.13. The smallest absolute Gasteiger partial charge is 0.168 e. The lowest BCUT2D eigenvalue weighted by Gasteiger charge is -2.22. The van der Waals surface area contributed by atoms with E-state index in [0.717, 1.165) is 23.3 Å². The van der Waals surface area contributed by atoms with Gasteiger partial charge in [-0.25, -0.2) is 0 Å². The van der Waals surface area contributed by atoms with E-state index in [2.05, 4.69) is 0 Å². The summed E-state index contributed by atoms with van der Waals surface area (Å²) in [6.45, 7) is 7.95. The van der Waals surface area contributed by atoms with Crippen LogP contribution in [0.5, 0.6) is 5.75 Å². The van der Waals surface area contributed by atoms with Crippen molar-refractivity contribution in [3.8, 4) is 5.75 Å². The van der Waals surface area contributed by atoms with E-state index in [9.17, 15) is 4.79 Å². The summed E-state index contributed by atoms with van der Waals surface area (Å²) in [6.07, 6.45) is 0.845. The SMILES string of the molecule is CCC(C)(C)C(=O)c1ccc(OC)cc1C. The van der Waals surface area contributed by atoms with Gasteiger partial charge in [-0.15, -0.1) is 0 Å². The summed E-state index contributed by atoms with van der Waals surface area (Å²) in [7, 11) is 1.63. The largest absolute Gasteiger partial charge is 0.497 e. The number of hydrogen-bond acceptors (Lipinski definition) is 2. The quantitative estimate of drug-likeness (QED) is 0.724. The second-order valence-corrected chi connectivity index (χ2v) is 4.75. The number of carbonyl (C=O) groups excluding carboxylic acids is 1. The summed E-state index contributed by atoms with van der Waals surface area (Å²) >= 11 is 0. The summed E-state index contributed by atoms with van der Waals surface area (Å²) in [6, 6.07) is 5.60. The highest BCUT2D eigenvalue weighted by atomic mass is 16.5. The van der Waals surface area contributed by atoms with Gasteiger partial charge < -0.3 is 4.74 Å². The molecule has 0 bridgehead atoms. The van der Waals surface area contributed by atoms with E-state index in [1.54, 1.807) is 7.11 Å². The Morgan fingerprint density at radius 2 is 2.00 bits per heavy atom. The molecule has 0 aliphatic heterocycles. The van der Waals surface area contributed by atoms with Crippen LogP contribution in [-0.2, 0) is 0 Å². The number of rotatable bonds is 4. The molecule has 0 heterocycles. The van der Waals surface area contributed by atoms with Gasteiger partial charge in [0, 0.05) is 11.0 Å². The first-order chi connectivity index (χ1) is 7.42. The Balaban J connectivity index is 3.10. The first kappa shape index (κ1) is 12.8. The Hall–Kier alpha value is -1.31. The van der Waals surface area contributed by atoms with Crippen molar-refractivity contribution in [2.24, 2.45) is 5.41 Å². The van der Waals surface area contributed by atoms with Gasteiger partial charge in [0.05, 0.1) is 7.11 Å². The molecule has 1 aromatic carbocycles. The van der Waals surface area contributed by atoms with Gasteiger partial charge in [0.15, 0.2) is 5.78 Å². The molecular formula is C14H20O2. The van der Waals surface area contributed by atoms with Gasteiger partial charge in [-0.1, -0.05) is 20.8 Å². The van der Waals surface area contributed by atoms with Crippen molar-refractivity contribution in [2.75, 3.05) is 7.11 Å². The number of aryl methyl sites for hydroxylation is 1. The molecule has 0 amide bonds. The van der Waals surface area contributed by atoms with Crippen molar-refractivity contribution >= 4 is 5.78 Å². The van der Waals surface area contributed by atoms with Gasteiger partial charge >= 0.3 is 0 Å². The fourth-order valence-corrected chi connectivity index (χ4v) is 1.54. The maximum atomic E-state index is 12.3. The molecule has 0 aromatic heterocycles. The van der Waals surface area contributed by atoms with Crippen LogP contribution in [0, 0.1) is 12.3 Å². The standard InChI is InChI=1S/C14H20O2/c1-6-14(3,4)13(15)12-8-7-11(16-5)9-10(12)2/h7-9H,6H2,1-5H3. The zero-order chi connectivity index (χ0) is 12.3. The Morgan fingerprint density at radius 1 is 1.38 bits per heavy atom. The molecule has 0 aliphatic rings. The summed E-state index contributed by atoms with van der Waals surface area (Å²) in [5.74, 6) is 0.999. The molecule has 0 radical (unpaired) electrons. The summed E-state index contributed by atoms with van der Waals surface area (Å²) in [5.41, 5.74) is 1.48. The molecule has 1 aromatic rings. The fraction of sp³-hybridized carbons (Fsp3) is 0.500. The van der Waals surface area contributed by atoms with Crippen molar-refractivity contribution in [2.45, 2.75) is 34.1 Å². The minimum Gasteiger partial charge on any atom is -0.497 e. The highest BCUT2D eigenvalue weighted by Crippen LogP contribution is 2.28. The third-order valence-corrected chi connectivity index (χ3v) is 3.18. The lowest BCUT2D eigenvalue weighted by atomic mass is 9.81. The van der Waals surface area contributed by atoms with Crippen LogP contribution < -0.4 is 4.74 Å². The highest BCUT2D eigenvalue weighted by molar-refractivity contribution is 6.01. The molecule has 0 saturated carbocycles. The fourth-order valence-electron chi connectivity index (χ4n) is 1.54. The lowest BCUT2D eigenvalue weighted by Crippen LogP contribution is -2.24. The van der Waals surface area contributed by atoms with Crippen LogP contribution in [0.3, 0.4) is 0 Å². The minimum absolute atomic E-state index is 0.204. The van der Waals surface area contributed by atoms with E-state index >= 15 is 0 Å². The van der Waals surface area contributed by atoms with Crippen molar-refractivity contribution in [1.29, 1.82) is 0 Å². The summed E-state index contributed by atoms with van der Waals surface area (Å²) in [4.78, 5) is 12.3. The van der Waals surface area contributed by atoms with Crippen molar-refractivity contribution in [3.05, 3.63) is 29.3 Å². The molecule has 1 rings (SSSR count). The zero-order valence-corrected chi connectivity index (χ0v) is 10.8. The Morgan fingerprint density at radius 3 is 2.44 bits per heavy atom. The molecule has 0 N–H and O–H groups in total. The van der Waals surface area contributed by atoms with E-state index in [1.165, 1.54) is 0 Å². The number of hydrogen-bond donors (Lipinski definition) is 0. The predicted molar refractivity (Wildman–Crippen MR) is 66.1 cm³/mol. The lowest BCUT2D eigenvalue weighted by molar-refractivity contribution is 0.0832. The number of ketones is 1. The van der Waals surface area contributed by atoms with Crippen molar-refractivity contribution < 1.29 is 9.53 Å². The first-order valence-corrected chi connectivity index (χ1v) is 5.62. The average molecular weight is 220 g/mol. The van der Waals surface area contributed by atoms with Gasteiger partial charge in [0.1, 0.15) is 5.75 Å². The Labute approximate surface area is 97.6 Å². The van der Waals surface area contributed by atoms with Gasteiger partial charge in [-0.2, -0.15) is 0 Å². The molecule has 2 nitrogen and oxygen atoms in total. The monoisotopic (exact) mass is 220 g/mol. The van der Waals surface area contributed by atoms with Crippen molar-refractivity contribution in [3.63, 3.8) is 0 Å². The molecule has 0 spiro atoms. The van der Waals surface area contributed by atoms with Crippen LogP contribution >= 0.6 is 0 Å². The van der Waals surface area contributed by atoms with E-state index in [0.29, 0.717) is 0 Å². The molecule has 0 saturated heterocycles. The first-order valence-electron chi connectivity index (χ1n) is 5.62. The van der Waals surface area contributed by atoms with Crippen LogP contribution in [-0.4, -0.2) is 12.9 Å². The topological polar surface area (TPSA) is 26.3 Å². The maximum absolute atomic E-state index is 12.3. The molecule has 16 heavy (non-hydrogen) atoms. The van der Waals surface area contributed by atoms with Crippen LogP contribution in [0.4, 0.5) is 0 Å². The zero-order valence-electron chi connectivity index (χ0n) is 10.8. The maximum Gasteiger partial charge on any atom is 0.168 e. The van der Waals surface area contributed by atoms with Gasteiger partial charge in [-0.05, 0) is 37.1 Å². The average Bonchev–Trinajstić information content (AvgIpc) is 2.28. The molecule has 2 heteroatoms. The van der Waals surface area contributed by atoms with Crippen molar-refractivity contribution in [1.82, 2.24) is 0 Å². The van der Waals surface area contributed by atoms with Gasteiger partial charge in [0.25, 0.3) is 0 Å². The molecular weight excluding hydrogens is 200 g/mol. The molecule has 88 valence electrons. The van der Waals surface area contributed by atoms with Gasteiger partial charge in [0.2, 0.25) is 0 Å². The number of ether oxygens (including phenoxy) is 1. The Kier molecular flexibility index (Phi) is 3.74. The number of methoxy groups -OCH3 is 1. The molecule has 0 atom stereocenters. The highest BCUT2D eigenvalue weighted by Gasteiger charge is 2.27. The third kappa shape index (κ3) is 2.43. The van der Waals surface area contributed by atoms with Crippen LogP contribution in [0.1, 0.15) is 43.1 Å². The Bertz CT molecular complexity index is 392. The molecule has 0 unspecified atom stereocenters. The van der Waals surface area contributed by atoms with E-state index in [-0.39, 0.29) is 11.2 Å². The number of benzene rings is 1. The number of carbonyl (C=O) groups is 1. The van der Waals surface area contributed by atoms with Gasteiger partial charge in [-0.3, -0.25) is 4.79 Å². The molecule has 0 aliphatic carbocycles. The molecule has 0 fully saturated rings. The second-order valence-electron chi connectivity index (χ2n) is 4.75. The van der Waals surface area contributed by atoms with E-state index in [4.69, 9.17) is 4.74 Å². The minimum atomic E-state index is -0.292. The number of Topliss-reactive ketones (excluding diaryl/α,β-unsaturated/α-hetero) is 1. The van der Waals surface area contributed by atoms with Crippen LogP contribution in [0.2, 0.25) is 0 Å². The van der Waals surface area contributed by atoms with Crippen LogP contribution in [0.25, 0.3) is 0 Å². The van der Waals surface area contributed by atoms with Crippen LogP contribution in [0.15, 0.2) is 18.2 Å². The third-order valence-electron chi connectivity index (χ3n) is 3.18. The second kappa shape index (κ2) is 4.69. The predicted octanol–water partition coefficient (Wildman–Crippen LogP) is 3.62. The van der Waals surface area contributed by atoms with E-state index < -0.39 is 0 Å².